The standard InChI is InChI=1S/C21H29ClN4O2S.HI/c1-21(2,13-16-7-5-9-18(22)11-16)15-26-20(23-3)25-14-17-8-6-10-19(12-17)29(27,28)24-4;/h5-12,24H,13-15H2,1-4H3,(H2,23,25,26);1H. The van der Waals surface area contributed by atoms with E-state index in [1.807, 2.05) is 24.3 Å². The third-order valence-corrected chi connectivity index (χ3v) is 6.11. The zero-order valence-corrected chi connectivity index (χ0v) is 21.6. The highest BCUT2D eigenvalue weighted by molar-refractivity contribution is 14.0. The van der Waals surface area contributed by atoms with Crippen LogP contribution in [0.5, 0.6) is 0 Å². The van der Waals surface area contributed by atoms with Crippen LogP contribution in [0, 0.1) is 5.41 Å². The summed E-state index contributed by atoms with van der Waals surface area (Å²) in [5, 5.41) is 7.32. The molecule has 6 nitrogen and oxygen atoms in total. The van der Waals surface area contributed by atoms with Gasteiger partial charge in [-0.3, -0.25) is 4.99 Å². The van der Waals surface area contributed by atoms with Gasteiger partial charge in [0.15, 0.2) is 5.96 Å². The van der Waals surface area contributed by atoms with Crippen LogP contribution < -0.4 is 15.4 Å². The number of hydrogen-bond acceptors (Lipinski definition) is 3. The number of halogens is 2. The van der Waals surface area contributed by atoms with E-state index >= 15 is 0 Å². The zero-order chi connectivity index (χ0) is 21.5. The molecule has 3 N–H and O–H groups in total. The van der Waals surface area contributed by atoms with Gasteiger partial charge in [0, 0.05) is 25.2 Å². The molecule has 0 aliphatic rings. The molecule has 0 radical (unpaired) electrons. The average Bonchev–Trinajstić information content (AvgIpc) is 2.68. The van der Waals surface area contributed by atoms with E-state index in [0.717, 1.165) is 17.0 Å². The molecule has 30 heavy (non-hydrogen) atoms. The molecular weight excluding hydrogens is 535 g/mol. The van der Waals surface area contributed by atoms with Gasteiger partial charge in [-0.1, -0.05) is 49.7 Å². The molecule has 2 aromatic carbocycles. The molecule has 9 heteroatoms. The minimum atomic E-state index is -3.46. The molecule has 0 spiro atoms. The van der Waals surface area contributed by atoms with E-state index in [2.05, 4.69) is 40.3 Å². The summed E-state index contributed by atoms with van der Waals surface area (Å²) in [5.41, 5.74) is 2.03. The molecule has 2 rings (SSSR count). The molecule has 0 aliphatic heterocycles. The van der Waals surface area contributed by atoms with Crippen molar-refractivity contribution >= 4 is 51.6 Å². The minimum absolute atomic E-state index is 0. The Hall–Kier alpha value is -1.36. The van der Waals surface area contributed by atoms with Crippen molar-refractivity contribution in [1.82, 2.24) is 15.4 Å². The highest BCUT2D eigenvalue weighted by Crippen LogP contribution is 2.22. The normalized spacial score (nSPS) is 12.2. The summed E-state index contributed by atoms with van der Waals surface area (Å²) in [7, 11) is -0.351. The summed E-state index contributed by atoms with van der Waals surface area (Å²) in [5.74, 6) is 0.658. The van der Waals surface area contributed by atoms with Crippen molar-refractivity contribution in [1.29, 1.82) is 0 Å². The highest BCUT2D eigenvalue weighted by atomic mass is 127. The quantitative estimate of drug-likeness (QED) is 0.259. The van der Waals surface area contributed by atoms with Gasteiger partial charge in [0.2, 0.25) is 10.0 Å². The number of nitrogens with one attached hydrogen (secondary N) is 3. The molecule has 0 atom stereocenters. The molecule has 0 aliphatic carbocycles. The van der Waals surface area contributed by atoms with Gasteiger partial charge in [0.1, 0.15) is 0 Å². The van der Waals surface area contributed by atoms with E-state index in [4.69, 9.17) is 11.6 Å². The van der Waals surface area contributed by atoms with Crippen LogP contribution in [0.25, 0.3) is 0 Å². The van der Waals surface area contributed by atoms with E-state index in [-0.39, 0.29) is 34.3 Å². The Balaban J connectivity index is 0.00000450. The summed E-state index contributed by atoms with van der Waals surface area (Å²) >= 11 is 6.09. The number of nitrogens with zero attached hydrogens (tertiary/aromatic N) is 1. The number of rotatable bonds is 8. The smallest absolute Gasteiger partial charge is 0.240 e. The molecule has 0 saturated heterocycles. The summed E-state index contributed by atoms with van der Waals surface area (Å²) in [6.07, 6.45) is 0.876. The van der Waals surface area contributed by atoms with Crippen molar-refractivity contribution in [3.63, 3.8) is 0 Å². The maximum atomic E-state index is 12.0. The Kier molecular flexibility index (Phi) is 10.6. The van der Waals surface area contributed by atoms with Crippen LogP contribution in [0.4, 0.5) is 0 Å². The van der Waals surface area contributed by atoms with Crippen LogP contribution in [-0.2, 0) is 23.0 Å². The second-order valence-electron chi connectivity index (χ2n) is 7.61. The third kappa shape index (κ3) is 8.41. The zero-order valence-electron chi connectivity index (χ0n) is 17.7. The van der Waals surface area contributed by atoms with Crippen molar-refractivity contribution in [3.05, 3.63) is 64.7 Å². The molecule has 0 bridgehead atoms. The lowest BCUT2D eigenvalue weighted by Gasteiger charge is -2.26. The van der Waals surface area contributed by atoms with Crippen LogP contribution in [0.2, 0.25) is 5.02 Å². The number of benzene rings is 2. The minimum Gasteiger partial charge on any atom is -0.356 e. The summed E-state index contributed by atoms with van der Waals surface area (Å²) in [4.78, 5) is 4.50. The van der Waals surface area contributed by atoms with Crippen LogP contribution in [0.1, 0.15) is 25.0 Å². The fourth-order valence-electron chi connectivity index (χ4n) is 2.93. The maximum absolute atomic E-state index is 12.0. The Labute approximate surface area is 202 Å². The first-order valence-corrected chi connectivity index (χ1v) is 11.2. The van der Waals surface area contributed by atoms with Crippen LogP contribution in [0.3, 0.4) is 0 Å². The van der Waals surface area contributed by atoms with E-state index in [0.29, 0.717) is 19.0 Å². The van der Waals surface area contributed by atoms with Gasteiger partial charge in [-0.2, -0.15) is 0 Å². The van der Waals surface area contributed by atoms with Crippen molar-refractivity contribution in [2.75, 3.05) is 20.6 Å². The second kappa shape index (κ2) is 11.9. The predicted molar refractivity (Wildman–Crippen MR) is 135 cm³/mol. The lowest BCUT2D eigenvalue weighted by atomic mass is 9.86. The van der Waals surface area contributed by atoms with Gasteiger partial charge < -0.3 is 10.6 Å². The topological polar surface area (TPSA) is 82.6 Å². The number of aliphatic imine (C=N–C) groups is 1. The van der Waals surface area contributed by atoms with Crippen molar-refractivity contribution in [2.45, 2.75) is 31.7 Å². The summed E-state index contributed by atoms with van der Waals surface area (Å²) in [6.45, 7) is 5.54. The Bertz CT molecular complexity index is 965. The van der Waals surface area contributed by atoms with Gasteiger partial charge in [-0.25, -0.2) is 13.1 Å². The van der Waals surface area contributed by atoms with Crippen LogP contribution in [-0.4, -0.2) is 35.0 Å². The van der Waals surface area contributed by atoms with Crippen LogP contribution in [0.15, 0.2) is 58.4 Å². The molecular formula is C21H30ClIN4O2S. The monoisotopic (exact) mass is 564 g/mol. The number of sulfonamides is 1. The summed E-state index contributed by atoms with van der Waals surface area (Å²) < 4.78 is 26.2. The molecule has 0 heterocycles. The van der Waals surface area contributed by atoms with E-state index in [1.165, 1.54) is 12.6 Å². The highest BCUT2D eigenvalue weighted by Gasteiger charge is 2.19. The lowest BCUT2D eigenvalue weighted by Crippen LogP contribution is -2.42. The Morgan fingerprint density at radius 3 is 2.37 bits per heavy atom. The Morgan fingerprint density at radius 2 is 1.73 bits per heavy atom. The fourth-order valence-corrected chi connectivity index (χ4v) is 3.94. The molecule has 2 aromatic rings. The summed E-state index contributed by atoms with van der Waals surface area (Å²) in [6, 6.07) is 14.7. The van der Waals surface area contributed by atoms with Crippen molar-refractivity contribution < 1.29 is 8.42 Å². The van der Waals surface area contributed by atoms with E-state index in [1.54, 1.807) is 25.2 Å². The molecule has 0 fully saturated rings. The lowest BCUT2D eigenvalue weighted by molar-refractivity contribution is 0.359. The van der Waals surface area contributed by atoms with Crippen molar-refractivity contribution in [3.8, 4) is 0 Å². The van der Waals surface area contributed by atoms with Gasteiger partial charge in [-0.05, 0) is 54.3 Å². The second-order valence-corrected chi connectivity index (χ2v) is 9.93. The largest absolute Gasteiger partial charge is 0.356 e. The van der Waals surface area contributed by atoms with Gasteiger partial charge >= 0.3 is 0 Å². The first-order valence-electron chi connectivity index (χ1n) is 9.37. The molecule has 0 unspecified atom stereocenters. The average molecular weight is 565 g/mol. The first-order chi connectivity index (χ1) is 13.6. The van der Waals surface area contributed by atoms with Crippen LogP contribution >= 0.6 is 35.6 Å². The molecule has 0 amide bonds. The Morgan fingerprint density at radius 1 is 1.07 bits per heavy atom. The first kappa shape index (κ1) is 26.7. The molecule has 0 aromatic heterocycles. The predicted octanol–water partition coefficient (Wildman–Crippen LogP) is 3.80. The SMILES string of the molecule is CN=C(NCc1cccc(S(=O)(=O)NC)c1)NCC(C)(C)Cc1cccc(Cl)c1.I. The molecule has 166 valence electrons. The van der Waals surface area contributed by atoms with Gasteiger partial charge in [-0.15, -0.1) is 24.0 Å². The third-order valence-electron chi connectivity index (χ3n) is 4.47. The number of guanidine groups is 1. The van der Waals surface area contributed by atoms with Gasteiger partial charge in [0.05, 0.1) is 4.90 Å². The number of hydrogen-bond donors (Lipinski definition) is 3. The maximum Gasteiger partial charge on any atom is 0.240 e. The van der Waals surface area contributed by atoms with E-state index < -0.39 is 10.0 Å². The molecule has 0 saturated carbocycles. The van der Waals surface area contributed by atoms with Gasteiger partial charge in [0.25, 0.3) is 0 Å². The fraction of sp³-hybridized carbons (Fsp3) is 0.381. The van der Waals surface area contributed by atoms with Crippen molar-refractivity contribution in [2.24, 2.45) is 10.4 Å². The van der Waals surface area contributed by atoms with E-state index in [9.17, 15) is 8.42 Å².